The van der Waals surface area contributed by atoms with Gasteiger partial charge in [-0.3, -0.25) is 16.2 Å². The van der Waals surface area contributed by atoms with Gasteiger partial charge in [0.25, 0.3) is 0 Å². The van der Waals surface area contributed by atoms with Crippen molar-refractivity contribution in [2.45, 2.75) is 45.4 Å². The second-order valence-electron chi connectivity index (χ2n) is 5.33. The van der Waals surface area contributed by atoms with Crippen LogP contribution in [0.1, 0.15) is 24.5 Å². The Hall–Kier alpha value is -0.530. The van der Waals surface area contributed by atoms with Gasteiger partial charge < -0.3 is 4.74 Å². The van der Waals surface area contributed by atoms with Crippen molar-refractivity contribution in [1.29, 1.82) is 0 Å². The number of morpholine rings is 1. The van der Waals surface area contributed by atoms with Gasteiger partial charge in [0, 0.05) is 30.9 Å². The average Bonchev–Trinajstić information content (AvgIpc) is 2.81. The van der Waals surface area contributed by atoms with Crippen molar-refractivity contribution >= 4 is 11.3 Å². The first-order valence-corrected chi connectivity index (χ1v) is 7.71. The van der Waals surface area contributed by atoms with Gasteiger partial charge in [0.1, 0.15) is 0 Å². The van der Waals surface area contributed by atoms with Crippen LogP contribution in [-0.4, -0.2) is 47.8 Å². The second-order valence-corrected chi connectivity index (χ2v) is 6.40. The summed E-state index contributed by atoms with van der Waals surface area (Å²) >= 11 is 1.68. The molecule has 2 rings (SSSR count). The van der Waals surface area contributed by atoms with E-state index < -0.39 is 0 Å². The van der Waals surface area contributed by atoms with E-state index in [-0.39, 0.29) is 12.1 Å². The number of nitrogens with zero attached hydrogens (tertiary/aromatic N) is 2. The molecule has 0 saturated carbocycles. The smallest absolute Gasteiger partial charge is 0.0897 e. The largest absolute Gasteiger partial charge is 0.374 e. The monoisotopic (exact) mass is 284 g/mol. The zero-order valence-corrected chi connectivity index (χ0v) is 12.7. The highest BCUT2D eigenvalue weighted by atomic mass is 32.1. The second kappa shape index (κ2) is 6.76. The van der Waals surface area contributed by atoms with E-state index in [2.05, 4.69) is 34.5 Å². The van der Waals surface area contributed by atoms with Gasteiger partial charge in [0.15, 0.2) is 0 Å². The highest BCUT2D eigenvalue weighted by Gasteiger charge is 2.29. The third-order valence-electron chi connectivity index (χ3n) is 3.61. The highest BCUT2D eigenvalue weighted by molar-refractivity contribution is 7.09. The van der Waals surface area contributed by atoms with Crippen LogP contribution in [0.25, 0.3) is 0 Å². The zero-order chi connectivity index (χ0) is 13.8. The molecule has 108 valence electrons. The fourth-order valence-electron chi connectivity index (χ4n) is 2.43. The number of rotatable bonds is 5. The zero-order valence-electron chi connectivity index (χ0n) is 11.9. The number of aromatic nitrogens is 1. The van der Waals surface area contributed by atoms with Crippen LogP contribution < -0.4 is 11.3 Å². The third-order valence-corrected chi connectivity index (χ3v) is 4.44. The molecule has 3 N–H and O–H groups in total. The molecule has 1 aliphatic rings. The Kier molecular flexibility index (Phi) is 5.29. The summed E-state index contributed by atoms with van der Waals surface area (Å²) in [5.74, 6) is 5.71. The van der Waals surface area contributed by atoms with Crippen LogP contribution in [0.15, 0.2) is 5.38 Å². The lowest BCUT2D eigenvalue weighted by atomic mass is 10.0. The minimum Gasteiger partial charge on any atom is -0.374 e. The molecule has 0 radical (unpaired) electrons. The van der Waals surface area contributed by atoms with Gasteiger partial charge in [-0.25, -0.2) is 4.98 Å². The molecule has 0 bridgehead atoms. The summed E-state index contributed by atoms with van der Waals surface area (Å²) in [6, 6.07) is 0.661. The van der Waals surface area contributed by atoms with Crippen LogP contribution >= 0.6 is 11.3 Å². The fourth-order valence-corrected chi connectivity index (χ4v) is 3.06. The molecule has 1 aromatic heterocycles. The molecule has 0 spiro atoms. The highest BCUT2D eigenvalue weighted by Crippen LogP contribution is 2.16. The quantitative estimate of drug-likeness (QED) is 0.622. The summed E-state index contributed by atoms with van der Waals surface area (Å²) < 4.78 is 5.88. The van der Waals surface area contributed by atoms with Gasteiger partial charge in [0.05, 0.1) is 29.5 Å². The molecule has 1 aromatic rings. The van der Waals surface area contributed by atoms with Gasteiger partial charge >= 0.3 is 0 Å². The summed E-state index contributed by atoms with van der Waals surface area (Å²) in [4.78, 5) is 6.94. The topological polar surface area (TPSA) is 63.4 Å². The molecule has 6 heteroatoms. The molecule has 2 heterocycles. The van der Waals surface area contributed by atoms with E-state index in [9.17, 15) is 0 Å². The van der Waals surface area contributed by atoms with Gasteiger partial charge in [0.2, 0.25) is 0 Å². The number of nitrogens with one attached hydrogen (secondary N) is 1. The van der Waals surface area contributed by atoms with Crippen molar-refractivity contribution in [3.8, 4) is 0 Å². The van der Waals surface area contributed by atoms with Crippen LogP contribution in [0.4, 0.5) is 0 Å². The summed E-state index contributed by atoms with van der Waals surface area (Å²) in [6.07, 6.45) is 0.945. The average molecular weight is 284 g/mol. The molecule has 2 atom stereocenters. The molecular weight excluding hydrogens is 260 g/mol. The SMILES string of the molecule is Cc1nc(CC(NN)C2CN(C(C)C)CCO2)cs1. The van der Waals surface area contributed by atoms with Crippen molar-refractivity contribution in [3.05, 3.63) is 16.1 Å². The normalized spacial score (nSPS) is 22.9. The Labute approximate surface area is 119 Å². The van der Waals surface area contributed by atoms with E-state index in [1.165, 1.54) is 0 Å². The van der Waals surface area contributed by atoms with E-state index in [1.54, 1.807) is 11.3 Å². The molecule has 1 aliphatic heterocycles. The maximum Gasteiger partial charge on any atom is 0.0897 e. The molecular formula is C13H24N4OS. The van der Waals surface area contributed by atoms with Gasteiger partial charge in [-0.1, -0.05) is 0 Å². The van der Waals surface area contributed by atoms with Crippen molar-refractivity contribution in [2.24, 2.45) is 5.84 Å². The van der Waals surface area contributed by atoms with E-state index in [4.69, 9.17) is 10.6 Å². The summed E-state index contributed by atoms with van der Waals surface area (Å²) in [5.41, 5.74) is 4.00. The first-order chi connectivity index (χ1) is 9.10. The molecule has 1 saturated heterocycles. The van der Waals surface area contributed by atoms with E-state index in [1.807, 2.05) is 6.92 Å². The molecule has 5 nitrogen and oxygen atoms in total. The number of ether oxygens (including phenoxy) is 1. The van der Waals surface area contributed by atoms with Crippen LogP contribution in [0.2, 0.25) is 0 Å². The molecule has 0 aliphatic carbocycles. The molecule has 2 unspecified atom stereocenters. The third kappa shape index (κ3) is 3.97. The van der Waals surface area contributed by atoms with Crippen LogP contribution in [0, 0.1) is 6.92 Å². The van der Waals surface area contributed by atoms with Crippen molar-refractivity contribution < 1.29 is 4.74 Å². The van der Waals surface area contributed by atoms with Crippen molar-refractivity contribution in [2.75, 3.05) is 19.7 Å². The maximum absolute atomic E-state index is 5.88. The first kappa shape index (κ1) is 14.9. The Morgan fingerprint density at radius 3 is 3.00 bits per heavy atom. The van der Waals surface area contributed by atoms with Crippen LogP contribution in [0.3, 0.4) is 0 Å². The van der Waals surface area contributed by atoms with Crippen molar-refractivity contribution in [3.63, 3.8) is 0 Å². The van der Waals surface area contributed by atoms with E-state index >= 15 is 0 Å². The number of hydrazine groups is 1. The standard InChI is InChI=1S/C13H24N4OS/c1-9(2)17-4-5-18-13(7-17)12(16-14)6-11-8-19-10(3)15-11/h8-9,12-13,16H,4-7,14H2,1-3H3. The molecule has 0 amide bonds. The lowest BCUT2D eigenvalue weighted by molar-refractivity contribution is -0.0553. The molecule has 1 fully saturated rings. The van der Waals surface area contributed by atoms with Crippen LogP contribution in [0.5, 0.6) is 0 Å². The summed E-state index contributed by atoms with van der Waals surface area (Å²) in [7, 11) is 0. The Bertz CT molecular complexity index is 396. The molecule has 19 heavy (non-hydrogen) atoms. The number of hydrogen-bond donors (Lipinski definition) is 2. The predicted molar refractivity (Wildman–Crippen MR) is 78.1 cm³/mol. The van der Waals surface area contributed by atoms with E-state index in [0.717, 1.165) is 36.8 Å². The Morgan fingerprint density at radius 1 is 1.63 bits per heavy atom. The van der Waals surface area contributed by atoms with Gasteiger partial charge in [-0.2, -0.15) is 0 Å². The summed E-state index contributed by atoms with van der Waals surface area (Å²) in [5, 5.41) is 3.20. The number of hydrogen-bond acceptors (Lipinski definition) is 6. The predicted octanol–water partition coefficient (Wildman–Crippen LogP) is 0.935. The van der Waals surface area contributed by atoms with Gasteiger partial charge in [-0.05, 0) is 20.8 Å². The molecule has 0 aromatic carbocycles. The lowest BCUT2D eigenvalue weighted by Gasteiger charge is -2.38. The number of aryl methyl sites for hydroxylation is 1. The minimum absolute atomic E-state index is 0.114. The minimum atomic E-state index is 0.114. The number of thiazole rings is 1. The maximum atomic E-state index is 5.88. The van der Waals surface area contributed by atoms with Gasteiger partial charge in [-0.15, -0.1) is 11.3 Å². The Morgan fingerprint density at radius 2 is 2.42 bits per heavy atom. The van der Waals surface area contributed by atoms with Crippen LogP contribution in [-0.2, 0) is 11.2 Å². The summed E-state index contributed by atoms with van der Waals surface area (Å²) in [6.45, 7) is 9.17. The lowest BCUT2D eigenvalue weighted by Crippen LogP contribution is -2.56. The van der Waals surface area contributed by atoms with Crippen molar-refractivity contribution in [1.82, 2.24) is 15.3 Å². The Balaban J connectivity index is 1.96. The fraction of sp³-hybridized carbons (Fsp3) is 0.769. The van der Waals surface area contributed by atoms with E-state index in [0.29, 0.717) is 6.04 Å². The number of nitrogens with two attached hydrogens (primary N) is 1. The first-order valence-electron chi connectivity index (χ1n) is 6.83.